The molecule has 0 spiro atoms. The molecule has 1 fully saturated rings. The predicted molar refractivity (Wildman–Crippen MR) is 94.5 cm³/mol. The van der Waals surface area contributed by atoms with Crippen LogP contribution in [0.15, 0.2) is 24.3 Å². The lowest BCUT2D eigenvalue weighted by Crippen LogP contribution is -2.37. The zero-order valence-electron chi connectivity index (χ0n) is 15.6. The van der Waals surface area contributed by atoms with E-state index in [1.165, 1.54) is 43.7 Å². The minimum atomic E-state index is -4.62. The van der Waals surface area contributed by atoms with Crippen LogP contribution in [0.1, 0.15) is 40.5 Å². The second-order valence-electron chi connectivity index (χ2n) is 5.79. The highest BCUT2D eigenvalue weighted by molar-refractivity contribution is 5.45. The lowest BCUT2D eigenvalue weighted by Gasteiger charge is -2.33. The van der Waals surface area contributed by atoms with Gasteiger partial charge in [-0.3, -0.25) is 0 Å². The summed E-state index contributed by atoms with van der Waals surface area (Å²) in [6.07, 6.45) is -1.82. The Morgan fingerprint density at radius 3 is 2.00 bits per heavy atom. The van der Waals surface area contributed by atoms with Gasteiger partial charge in [-0.05, 0) is 57.0 Å². The summed E-state index contributed by atoms with van der Waals surface area (Å²) in [5.41, 5.74) is 0.731. The van der Waals surface area contributed by atoms with E-state index in [0.29, 0.717) is 0 Å². The summed E-state index contributed by atoms with van der Waals surface area (Å²) in [5, 5.41) is 2.78. The van der Waals surface area contributed by atoms with Crippen LogP contribution in [0.25, 0.3) is 0 Å². The van der Waals surface area contributed by atoms with Crippen LogP contribution in [-0.4, -0.2) is 37.9 Å². The third kappa shape index (κ3) is 9.65. The van der Waals surface area contributed by atoms with Gasteiger partial charge in [-0.1, -0.05) is 20.8 Å². The molecule has 1 aromatic carbocycles. The van der Waals surface area contributed by atoms with E-state index in [-0.39, 0.29) is 5.75 Å². The van der Waals surface area contributed by atoms with Crippen LogP contribution in [0.4, 0.5) is 18.9 Å². The van der Waals surface area contributed by atoms with Crippen molar-refractivity contribution in [3.8, 4) is 5.75 Å². The zero-order chi connectivity index (χ0) is 18.8. The quantitative estimate of drug-likeness (QED) is 0.775. The van der Waals surface area contributed by atoms with Crippen LogP contribution in [0.3, 0.4) is 0 Å². The molecule has 0 amide bonds. The summed E-state index contributed by atoms with van der Waals surface area (Å²) in [5.74, 6) is 0.706. The number of hydrogen-bond donors (Lipinski definition) is 1. The smallest absolute Gasteiger partial charge is 0.406 e. The number of likely N-dealkylation sites (tertiary alicyclic amines) is 1. The van der Waals surface area contributed by atoms with Crippen LogP contribution < -0.4 is 10.1 Å². The van der Waals surface area contributed by atoms with E-state index in [2.05, 4.69) is 35.8 Å². The van der Waals surface area contributed by atoms with Gasteiger partial charge < -0.3 is 15.0 Å². The first-order valence-corrected chi connectivity index (χ1v) is 8.45. The molecule has 2 unspecified atom stereocenters. The maximum atomic E-state index is 11.7. The molecule has 1 heterocycles. The summed E-state index contributed by atoms with van der Waals surface area (Å²) in [6, 6.07) is 6.32. The maximum Gasteiger partial charge on any atom is 0.573 e. The first-order valence-electron chi connectivity index (χ1n) is 8.45. The van der Waals surface area contributed by atoms with Crippen LogP contribution in [0, 0.1) is 5.92 Å². The molecule has 0 radical (unpaired) electrons. The average Bonchev–Trinajstić information content (AvgIpc) is 2.53. The van der Waals surface area contributed by atoms with Crippen molar-refractivity contribution in [1.29, 1.82) is 0 Å². The molecule has 1 N–H and O–H groups in total. The van der Waals surface area contributed by atoms with E-state index < -0.39 is 6.36 Å². The molecule has 0 aliphatic carbocycles. The molecule has 0 bridgehead atoms. The largest absolute Gasteiger partial charge is 0.573 e. The number of benzene rings is 1. The van der Waals surface area contributed by atoms with Crippen LogP contribution in [-0.2, 0) is 0 Å². The van der Waals surface area contributed by atoms with Gasteiger partial charge in [-0.25, -0.2) is 0 Å². The molecule has 1 aromatic rings. The molecule has 0 saturated carbocycles. The van der Waals surface area contributed by atoms with E-state index in [1.807, 2.05) is 13.8 Å². The molecule has 2 rings (SSSR count). The van der Waals surface area contributed by atoms with Crippen LogP contribution in [0.2, 0.25) is 0 Å². The average molecular weight is 348 g/mol. The molecule has 0 aromatic heterocycles. The Hall–Kier alpha value is -1.43. The maximum absolute atomic E-state index is 11.7. The van der Waals surface area contributed by atoms with Crippen molar-refractivity contribution in [3.63, 3.8) is 0 Å². The highest BCUT2D eigenvalue weighted by Gasteiger charge is 2.30. The molecular formula is C18H31F3N2O. The number of ether oxygens (including phenoxy) is 1. The van der Waals surface area contributed by atoms with Gasteiger partial charge in [0.2, 0.25) is 0 Å². The van der Waals surface area contributed by atoms with Crippen molar-refractivity contribution in [1.82, 2.24) is 4.90 Å². The lowest BCUT2D eigenvalue weighted by atomic mass is 9.96. The standard InChI is InChI=1S/C8H8F3NO.C8H17N.C2H6/c1-12-6-2-4-7(5-3-6)13-8(9,10)11;1-7-4-5-8(2)9(3)6-7;1-2/h2-5,12H,1H3;7-8H,4-6H2,1-3H3;1-2H3. The summed E-state index contributed by atoms with van der Waals surface area (Å²) in [4.78, 5) is 2.45. The van der Waals surface area contributed by atoms with Crippen molar-refractivity contribution >= 4 is 5.69 Å². The second-order valence-corrected chi connectivity index (χ2v) is 5.79. The summed E-state index contributed by atoms with van der Waals surface area (Å²) in [6.45, 7) is 9.94. The molecular weight excluding hydrogens is 317 g/mol. The van der Waals surface area contributed by atoms with Crippen molar-refractivity contribution in [2.24, 2.45) is 5.92 Å². The molecule has 140 valence electrons. The molecule has 1 aliphatic rings. The van der Waals surface area contributed by atoms with Crippen molar-refractivity contribution in [3.05, 3.63) is 24.3 Å². The number of anilines is 1. The first kappa shape index (κ1) is 22.6. The van der Waals surface area contributed by atoms with E-state index in [9.17, 15) is 13.2 Å². The van der Waals surface area contributed by atoms with E-state index in [0.717, 1.165) is 17.6 Å². The number of hydrogen-bond acceptors (Lipinski definition) is 3. The number of piperidine rings is 1. The van der Waals surface area contributed by atoms with Gasteiger partial charge in [0.1, 0.15) is 5.75 Å². The van der Waals surface area contributed by atoms with Gasteiger partial charge in [0.15, 0.2) is 0 Å². The summed E-state index contributed by atoms with van der Waals surface area (Å²) in [7, 11) is 3.90. The third-order valence-corrected chi connectivity index (χ3v) is 3.81. The Bertz CT molecular complexity index is 435. The van der Waals surface area contributed by atoms with Gasteiger partial charge >= 0.3 is 6.36 Å². The Morgan fingerprint density at radius 1 is 1.08 bits per heavy atom. The van der Waals surface area contributed by atoms with Crippen molar-refractivity contribution in [2.45, 2.75) is 52.9 Å². The van der Waals surface area contributed by atoms with E-state index in [4.69, 9.17) is 0 Å². The zero-order valence-corrected chi connectivity index (χ0v) is 15.6. The van der Waals surface area contributed by atoms with Gasteiger partial charge in [0.25, 0.3) is 0 Å². The number of nitrogens with one attached hydrogen (secondary N) is 1. The predicted octanol–water partition coefficient (Wildman–Crippen LogP) is 5.39. The molecule has 2 atom stereocenters. The van der Waals surface area contributed by atoms with Crippen LogP contribution >= 0.6 is 0 Å². The van der Waals surface area contributed by atoms with E-state index >= 15 is 0 Å². The minimum Gasteiger partial charge on any atom is -0.406 e. The third-order valence-electron chi connectivity index (χ3n) is 3.81. The van der Waals surface area contributed by atoms with Crippen molar-refractivity contribution in [2.75, 3.05) is 26.0 Å². The fourth-order valence-electron chi connectivity index (χ4n) is 2.33. The topological polar surface area (TPSA) is 24.5 Å². The first-order chi connectivity index (χ1) is 11.2. The molecule has 24 heavy (non-hydrogen) atoms. The monoisotopic (exact) mass is 348 g/mol. The normalized spacial score (nSPS) is 20.9. The van der Waals surface area contributed by atoms with Crippen LogP contribution in [0.5, 0.6) is 5.75 Å². The summed E-state index contributed by atoms with van der Waals surface area (Å²) < 4.78 is 38.7. The van der Waals surface area contributed by atoms with E-state index in [1.54, 1.807) is 7.05 Å². The number of rotatable bonds is 2. The molecule has 3 nitrogen and oxygen atoms in total. The van der Waals surface area contributed by atoms with Gasteiger partial charge in [-0.15, -0.1) is 13.2 Å². The fourth-order valence-corrected chi connectivity index (χ4v) is 2.33. The minimum absolute atomic E-state index is 0.216. The summed E-state index contributed by atoms with van der Waals surface area (Å²) >= 11 is 0. The Morgan fingerprint density at radius 2 is 1.62 bits per heavy atom. The Balaban J connectivity index is 0.000000420. The number of nitrogens with zero attached hydrogens (tertiary/aromatic N) is 1. The molecule has 1 aliphatic heterocycles. The SMILES string of the molecule is CC.CC1CCC(C)N(C)C1.CNc1ccc(OC(F)(F)F)cc1. The molecule has 6 heteroatoms. The van der Waals surface area contributed by atoms with Gasteiger partial charge in [0, 0.05) is 25.3 Å². The highest BCUT2D eigenvalue weighted by atomic mass is 19.4. The number of alkyl halides is 3. The highest BCUT2D eigenvalue weighted by Crippen LogP contribution is 2.23. The lowest BCUT2D eigenvalue weighted by molar-refractivity contribution is -0.274. The Kier molecular flexibility index (Phi) is 10.5. The molecule has 1 saturated heterocycles. The van der Waals surface area contributed by atoms with Crippen molar-refractivity contribution < 1.29 is 17.9 Å². The number of halogens is 3. The van der Waals surface area contributed by atoms with Gasteiger partial charge in [-0.2, -0.15) is 0 Å². The van der Waals surface area contributed by atoms with Gasteiger partial charge in [0.05, 0.1) is 0 Å². The Labute approximate surface area is 144 Å². The fraction of sp³-hybridized carbons (Fsp3) is 0.667. The second kappa shape index (κ2) is 11.2.